The second-order valence-corrected chi connectivity index (χ2v) is 9.05. The van der Waals surface area contributed by atoms with Crippen molar-refractivity contribution in [3.05, 3.63) is 0 Å². The predicted octanol–water partition coefficient (Wildman–Crippen LogP) is 6.15. The molecule has 1 unspecified atom stereocenters. The van der Waals surface area contributed by atoms with Crippen molar-refractivity contribution < 1.29 is 0 Å². The van der Waals surface area contributed by atoms with Crippen LogP contribution < -0.4 is 5.32 Å². The Labute approximate surface area is 158 Å². The van der Waals surface area contributed by atoms with Gasteiger partial charge in [-0.05, 0) is 44.2 Å². The highest BCUT2D eigenvalue weighted by Gasteiger charge is 2.40. The molecule has 0 radical (unpaired) electrons. The van der Waals surface area contributed by atoms with Crippen LogP contribution in [0.3, 0.4) is 0 Å². The van der Waals surface area contributed by atoms with Crippen molar-refractivity contribution in [3.8, 4) is 0 Å². The first-order valence-electron chi connectivity index (χ1n) is 11.7. The van der Waals surface area contributed by atoms with Crippen molar-refractivity contribution in [1.82, 2.24) is 10.2 Å². The molecule has 2 nitrogen and oxygen atoms in total. The van der Waals surface area contributed by atoms with E-state index >= 15 is 0 Å². The van der Waals surface area contributed by atoms with E-state index in [1.807, 2.05) is 0 Å². The molecule has 0 aromatic rings. The first-order valence-corrected chi connectivity index (χ1v) is 11.7. The van der Waals surface area contributed by atoms with Gasteiger partial charge in [-0.25, -0.2) is 0 Å². The maximum absolute atomic E-state index is 3.51. The van der Waals surface area contributed by atoms with Crippen molar-refractivity contribution in [3.63, 3.8) is 0 Å². The summed E-state index contributed by atoms with van der Waals surface area (Å²) in [6.07, 6.45) is 21.6. The number of likely N-dealkylation sites (tertiary alicyclic amines) is 1. The van der Waals surface area contributed by atoms with Crippen LogP contribution in [-0.4, -0.2) is 37.1 Å². The third-order valence-corrected chi connectivity index (χ3v) is 6.91. The minimum absolute atomic E-state index is 0.697. The van der Waals surface area contributed by atoms with Crippen molar-refractivity contribution in [1.29, 1.82) is 0 Å². The molecule has 0 aliphatic carbocycles. The van der Waals surface area contributed by atoms with Crippen LogP contribution in [0.15, 0.2) is 0 Å². The van der Waals surface area contributed by atoms with Crippen LogP contribution in [-0.2, 0) is 0 Å². The van der Waals surface area contributed by atoms with Gasteiger partial charge < -0.3 is 10.2 Å². The highest BCUT2D eigenvalue weighted by molar-refractivity contribution is 4.96. The normalized spacial score (nSPS) is 21.4. The van der Waals surface area contributed by atoms with E-state index in [-0.39, 0.29) is 0 Å². The lowest BCUT2D eigenvalue weighted by molar-refractivity contribution is 0.0295. The quantitative estimate of drug-likeness (QED) is 0.378. The highest BCUT2D eigenvalue weighted by Crippen LogP contribution is 2.36. The Bertz CT molecular complexity index is 314. The molecule has 2 rings (SSSR count). The van der Waals surface area contributed by atoms with Gasteiger partial charge in [0, 0.05) is 19.1 Å². The molecule has 25 heavy (non-hydrogen) atoms. The van der Waals surface area contributed by atoms with Crippen LogP contribution in [0.1, 0.15) is 110 Å². The standard InChI is InChI=1S/C23H46N2/c1-3-5-7-9-11-13-15-22(14-12-10-8-6-4-2)25-18-16-23(17-19-25)20-24-21-23/h22,24H,3-21H2,1-2H3. The Morgan fingerprint density at radius 1 is 0.720 bits per heavy atom. The molecule has 0 bridgehead atoms. The second-order valence-electron chi connectivity index (χ2n) is 9.05. The Hall–Kier alpha value is -0.0800. The summed E-state index contributed by atoms with van der Waals surface area (Å²) in [6.45, 7) is 9.96. The lowest BCUT2D eigenvalue weighted by Gasteiger charge is -2.50. The molecule has 2 heterocycles. The minimum atomic E-state index is 0.697. The topological polar surface area (TPSA) is 15.3 Å². The summed E-state index contributed by atoms with van der Waals surface area (Å²) in [6, 6.07) is 0.887. The number of nitrogens with zero attached hydrogens (tertiary/aromatic N) is 1. The Morgan fingerprint density at radius 2 is 1.20 bits per heavy atom. The molecule has 2 saturated heterocycles. The summed E-state index contributed by atoms with van der Waals surface area (Å²) in [5.41, 5.74) is 0.697. The molecule has 2 fully saturated rings. The first kappa shape index (κ1) is 21.2. The summed E-state index contributed by atoms with van der Waals surface area (Å²) >= 11 is 0. The van der Waals surface area contributed by atoms with Crippen LogP contribution in [0, 0.1) is 5.41 Å². The molecule has 2 aliphatic rings. The van der Waals surface area contributed by atoms with E-state index in [2.05, 4.69) is 24.1 Å². The molecular formula is C23H46N2. The van der Waals surface area contributed by atoms with Gasteiger partial charge in [0.25, 0.3) is 0 Å². The second kappa shape index (κ2) is 12.3. The third-order valence-electron chi connectivity index (χ3n) is 6.91. The van der Waals surface area contributed by atoms with Crippen molar-refractivity contribution in [2.24, 2.45) is 5.41 Å². The fourth-order valence-corrected chi connectivity index (χ4v) is 4.85. The average Bonchev–Trinajstić information content (AvgIpc) is 2.61. The zero-order valence-corrected chi connectivity index (χ0v) is 17.5. The summed E-state index contributed by atoms with van der Waals surface area (Å²) in [5.74, 6) is 0. The van der Waals surface area contributed by atoms with Gasteiger partial charge in [-0.3, -0.25) is 0 Å². The van der Waals surface area contributed by atoms with E-state index in [1.165, 1.54) is 122 Å². The molecule has 0 aromatic heterocycles. The van der Waals surface area contributed by atoms with Gasteiger partial charge in [0.05, 0.1) is 0 Å². The van der Waals surface area contributed by atoms with Gasteiger partial charge in [0.15, 0.2) is 0 Å². The first-order chi connectivity index (χ1) is 12.3. The monoisotopic (exact) mass is 350 g/mol. The summed E-state index contributed by atoms with van der Waals surface area (Å²) in [5, 5.41) is 3.51. The van der Waals surface area contributed by atoms with Crippen molar-refractivity contribution in [2.45, 2.75) is 116 Å². The fraction of sp³-hybridized carbons (Fsp3) is 1.00. The zero-order valence-electron chi connectivity index (χ0n) is 17.5. The molecule has 1 atom stereocenters. The number of rotatable bonds is 14. The lowest BCUT2D eigenvalue weighted by atomic mass is 9.73. The SMILES string of the molecule is CCCCCCCCC(CCCCCCC)N1CCC2(CC1)CNC2. The molecule has 1 N–H and O–H groups in total. The van der Waals surface area contributed by atoms with Gasteiger partial charge in [-0.2, -0.15) is 0 Å². The molecule has 1 spiro atoms. The number of hydrogen-bond acceptors (Lipinski definition) is 2. The van der Waals surface area contributed by atoms with E-state index in [1.54, 1.807) is 0 Å². The number of piperidine rings is 1. The maximum Gasteiger partial charge on any atom is 0.00952 e. The van der Waals surface area contributed by atoms with Gasteiger partial charge in [0.2, 0.25) is 0 Å². The molecule has 2 heteroatoms. The Kier molecular flexibility index (Phi) is 10.5. The van der Waals surface area contributed by atoms with Gasteiger partial charge in [-0.1, -0.05) is 84.5 Å². The van der Waals surface area contributed by atoms with Crippen LogP contribution in [0.5, 0.6) is 0 Å². The molecule has 0 aromatic carbocycles. The molecule has 0 saturated carbocycles. The lowest BCUT2D eigenvalue weighted by Crippen LogP contribution is -2.59. The van der Waals surface area contributed by atoms with Crippen LogP contribution >= 0.6 is 0 Å². The zero-order chi connectivity index (χ0) is 17.8. The smallest absolute Gasteiger partial charge is 0.00952 e. The molecule has 0 amide bonds. The van der Waals surface area contributed by atoms with E-state index < -0.39 is 0 Å². The van der Waals surface area contributed by atoms with Crippen LogP contribution in [0.25, 0.3) is 0 Å². The highest BCUT2D eigenvalue weighted by atomic mass is 15.2. The number of nitrogens with one attached hydrogen (secondary N) is 1. The molecule has 148 valence electrons. The van der Waals surface area contributed by atoms with Gasteiger partial charge >= 0.3 is 0 Å². The summed E-state index contributed by atoms with van der Waals surface area (Å²) < 4.78 is 0. The summed E-state index contributed by atoms with van der Waals surface area (Å²) in [7, 11) is 0. The van der Waals surface area contributed by atoms with E-state index in [4.69, 9.17) is 0 Å². The largest absolute Gasteiger partial charge is 0.316 e. The third kappa shape index (κ3) is 7.59. The van der Waals surface area contributed by atoms with Gasteiger partial charge in [0.1, 0.15) is 0 Å². The minimum Gasteiger partial charge on any atom is -0.316 e. The number of hydrogen-bond donors (Lipinski definition) is 1. The molecule has 2 aliphatic heterocycles. The Balaban J connectivity index is 1.67. The maximum atomic E-state index is 3.51. The predicted molar refractivity (Wildman–Crippen MR) is 111 cm³/mol. The van der Waals surface area contributed by atoms with E-state index in [0.717, 1.165) is 6.04 Å². The van der Waals surface area contributed by atoms with Crippen LogP contribution in [0.4, 0.5) is 0 Å². The van der Waals surface area contributed by atoms with Crippen molar-refractivity contribution >= 4 is 0 Å². The van der Waals surface area contributed by atoms with Gasteiger partial charge in [-0.15, -0.1) is 0 Å². The van der Waals surface area contributed by atoms with E-state index in [9.17, 15) is 0 Å². The van der Waals surface area contributed by atoms with Crippen molar-refractivity contribution in [2.75, 3.05) is 26.2 Å². The Morgan fingerprint density at radius 3 is 1.64 bits per heavy atom. The van der Waals surface area contributed by atoms with E-state index in [0.29, 0.717) is 5.41 Å². The molecular weight excluding hydrogens is 304 g/mol. The number of unbranched alkanes of at least 4 members (excludes halogenated alkanes) is 9. The average molecular weight is 351 g/mol. The van der Waals surface area contributed by atoms with Crippen LogP contribution in [0.2, 0.25) is 0 Å². The fourth-order valence-electron chi connectivity index (χ4n) is 4.85. The summed E-state index contributed by atoms with van der Waals surface area (Å²) in [4.78, 5) is 2.88.